The predicted molar refractivity (Wildman–Crippen MR) is 282 cm³/mol. The molecule has 4 heteroatoms. The smallest absolute Gasteiger partial charge is 0.248 e. The Morgan fingerprint density at radius 3 is 1.15 bits per heavy atom. The zero-order valence-corrected chi connectivity index (χ0v) is 36.9. The zero-order chi connectivity index (χ0) is 45.0. The number of aromatic nitrogens is 3. The van der Waals surface area contributed by atoms with Crippen LogP contribution in [0.5, 0.6) is 0 Å². The molecule has 0 spiro atoms. The highest BCUT2D eigenvalue weighted by Crippen LogP contribution is 2.41. The number of hydrogen-bond donors (Lipinski definition) is 0. The van der Waals surface area contributed by atoms with Gasteiger partial charge in [0.05, 0.1) is 11.0 Å². The number of fused-ring (bicyclic) bond motifs is 5. The first-order valence-electron chi connectivity index (χ1n) is 23.0. The average Bonchev–Trinajstić information content (AvgIpc) is 4.04. The Hall–Kier alpha value is -9.12. The summed E-state index contributed by atoms with van der Waals surface area (Å²) < 4.78 is 8.50. The van der Waals surface area contributed by atoms with Gasteiger partial charge in [0.25, 0.3) is 0 Å². The Bertz CT molecular complexity index is 3880. The topological polar surface area (TPSA) is 43.9 Å². The summed E-state index contributed by atoms with van der Waals surface area (Å²) in [5, 5.41) is 16.1. The highest BCUT2D eigenvalue weighted by atomic mass is 16.4. The Morgan fingerprint density at radius 1 is 0.265 bits per heavy atom. The van der Waals surface area contributed by atoms with Crippen LogP contribution in [0.4, 0.5) is 0 Å². The normalized spacial score (nSPS) is 11.5. The first-order chi connectivity index (χ1) is 33.7. The van der Waals surface area contributed by atoms with Crippen LogP contribution in [0.2, 0.25) is 0 Å². The van der Waals surface area contributed by atoms with Crippen LogP contribution in [-0.2, 0) is 0 Å². The van der Waals surface area contributed by atoms with Crippen LogP contribution >= 0.6 is 0 Å². The van der Waals surface area contributed by atoms with Gasteiger partial charge in [-0.25, -0.2) is 0 Å². The summed E-state index contributed by atoms with van der Waals surface area (Å²) in [6, 6.07) is 89.3. The molecule has 2 heterocycles. The Balaban J connectivity index is 0.875. The van der Waals surface area contributed by atoms with Crippen LogP contribution in [0.25, 0.3) is 128 Å². The highest BCUT2D eigenvalue weighted by Gasteiger charge is 2.18. The minimum atomic E-state index is 0.495. The summed E-state index contributed by atoms with van der Waals surface area (Å²) in [4.78, 5) is 0. The van der Waals surface area contributed by atoms with E-state index in [-0.39, 0.29) is 0 Å². The minimum Gasteiger partial charge on any atom is -0.416 e. The van der Waals surface area contributed by atoms with Crippen molar-refractivity contribution in [2.45, 2.75) is 0 Å². The number of benzene rings is 11. The molecule has 2 aromatic heterocycles. The van der Waals surface area contributed by atoms with Crippen LogP contribution in [-0.4, -0.2) is 14.8 Å². The predicted octanol–water partition coefficient (Wildman–Crippen LogP) is 17.1. The third-order valence-electron chi connectivity index (χ3n) is 13.4. The Kier molecular flexibility index (Phi) is 9.47. The van der Waals surface area contributed by atoms with Gasteiger partial charge in [-0.15, -0.1) is 10.2 Å². The largest absolute Gasteiger partial charge is 0.416 e. The van der Waals surface area contributed by atoms with Gasteiger partial charge in [-0.05, 0) is 150 Å². The lowest BCUT2D eigenvalue weighted by molar-refractivity contribution is 0.584. The van der Waals surface area contributed by atoms with Gasteiger partial charge in [0.2, 0.25) is 11.8 Å². The van der Waals surface area contributed by atoms with E-state index in [4.69, 9.17) is 4.42 Å². The molecule has 318 valence electrons. The molecule has 0 aliphatic heterocycles. The van der Waals surface area contributed by atoms with Crippen molar-refractivity contribution in [2.24, 2.45) is 0 Å². The number of rotatable bonds is 8. The van der Waals surface area contributed by atoms with E-state index < -0.39 is 0 Å². The first kappa shape index (κ1) is 39.3. The fraction of sp³-hybridized carbons (Fsp3) is 0. The molecule has 0 aliphatic rings. The fourth-order valence-electron chi connectivity index (χ4n) is 9.96. The summed E-state index contributed by atoms with van der Waals surface area (Å²) in [7, 11) is 0. The quantitative estimate of drug-likeness (QED) is 0.153. The second kappa shape index (κ2) is 16.4. The molecule has 0 amide bonds. The van der Waals surface area contributed by atoms with Gasteiger partial charge in [-0.1, -0.05) is 176 Å². The maximum Gasteiger partial charge on any atom is 0.248 e. The molecule has 0 aliphatic carbocycles. The second-order valence-corrected chi connectivity index (χ2v) is 17.4. The van der Waals surface area contributed by atoms with Crippen molar-refractivity contribution in [1.29, 1.82) is 0 Å². The van der Waals surface area contributed by atoms with Gasteiger partial charge >= 0.3 is 0 Å². The SMILES string of the molecule is c1ccc(-c2nnc(-c3ccc(-c4ccccc4-c4ccccc4-c4ccc(-n5c6ccc(-c7ccc8ccccc8c7)cc6c6cc(-c7ccc8ccccc8c7)ccc65)cc4)cc3)o2)cc1. The Labute approximate surface area is 393 Å². The van der Waals surface area contributed by atoms with Gasteiger partial charge in [0.15, 0.2) is 0 Å². The van der Waals surface area contributed by atoms with Crippen LogP contribution < -0.4 is 0 Å². The third-order valence-corrected chi connectivity index (χ3v) is 13.4. The van der Waals surface area contributed by atoms with Crippen LogP contribution in [0.1, 0.15) is 0 Å². The van der Waals surface area contributed by atoms with E-state index in [0.717, 1.165) is 39.1 Å². The molecule has 68 heavy (non-hydrogen) atoms. The van der Waals surface area contributed by atoms with Gasteiger partial charge < -0.3 is 8.98 Å². The minimum absolute atomic E-state index is 0.495. The van der Waals surface area contributed by atoms with Crippen molar-refractivity contribution < 1.29 is 4.42 Å². The maximum atomic E-state index is 6.08. The zero-order valence-electron chi connectivity index (χ0n) is 36.9. The molecule has 0 N–H and O–H groups in total. The van der Waals surface area contributed by atoms with Gasteiger partial charge in [-0.2, -0.15) is 0 Å². The van der Waals surface area contributed by atoms with Crippen molar-refractivity contribution in [1.82, 2.24) is 14.8 Å². The van der Waals surface area contributed by atoms with Crippen molar-refractivity contribution in [3.05, 3.63) is 249 Å². The molecular weight excluding hydrogens is 827 g/mol. The van der Waals surface area contributed by atoms with Gasteiger partial charge in [0.1, 0.15) is 0 Å². The molecule has 0 atom stereocenters. The standard InChI is InChI=1S/C64H41N3O/c1-2-14-46(15-3-1)63-65-66-64(68-63)47-26-24-44(25-27-47)55-18-8-10-20-57(55)58-21-11-9-19-56(58)45-30-34-54(35-31-45)67-61-36-32-52(50-28-22-42-12-4-6-16-48(42)38-50)40-59(61)60-41-53(33-37-62(60)67)51-29-23-43-13-5-7-17-49(43)39-51/h1-41H. The summed E-state index contributed by atoms with van der Waals surface area (Å²) >= 11 is 0. The van der Waals surface area contributed by atoms with Crippen LogP contribution in [0.15, 0.2) is 253 Å². The first-order valence-corrected chi connectivity index (χ1v) is 23.0. The van der Waals surface area contributed by atoms with E-state index in [1.807, 2.05) is 30.3 Å². The molecule has 0 bridgehead atoms. The molecule has 0 saturated heterocycles. The highest BCUT2D eigenvalue weighted by molar-refractivity contribution is 6.12. The van der Waals surface area contributed by atoms with E-state index in [1.54, 1.807) is 0 Å². The molecule has 11 aromatic carbocycles. The van der Waals surface area contributed by atoms with E-state index >= 15 is 0 Å². The van der Waals surface area contributed by atoms with Crippen molar-refractivity contribution in [2.75, 3.05) is 0 Å². The molecule has 0 fully saturated rings. The lowest BCUT2D eigenvalue weighted by atomic mass is 9.89. The summed E-state index contributed by atoms with van der Waals surface area (Å²) in [6.07, 6.45) is 0. The summed E-state index contributed by atoms with van der Waals surface area (Å²) in [6.45, 7) is 0. The molecule has 13 aromatic rings. The number of nitrogens with zero attached hydrogens (tertiary/aromatic N) is 3. The lowest BCUT2D eigenvalue weighted by Gasteiger charge is -2.16. The maximum absolute atomic E-state index is 6.08. The molecule has 0 radical (unpaired) electrons. The van der Waals surface area contributed by atoms with Gasteiger partial charge in [0, 0.05) is 27.6 Å². The van der Waals surface area contributed by atoms with Crippen LogP contribution in [0.3, 0.4) is 0 Å². The van der Waals surface area contributed by atoms with Crippen LogP contribution in [0, 0.1) is 0 Å². The van der Waals surface area contributed by atoms with Crippen molar-refractivity contribution in [3.63, 3.8) is 0 Å². The van der Waals surface area contributed by atoms with E-state index in [2.05, 4.69) is 233 Å². The second-order valence-electron chi connectivity index (χ2n) is 17.4. The van der Waals surface area contributed by atoms with Gasteiger partial charge in [-0.3, -0.25) is 0 Å². The molecular formula is C64H41N3O. The monoisotopic (exact) mass is 867 g/mol. The fourth-order valence-corrected chi connectivity index (χ4v) is 9.96. The molecule has 13 rings (SSSR count). The Morgan fingerprint density at radius 2 is 0.632 bits per heavy atom. The average molecular weight is 868 g/mol. The molecule has 0 unspecified atom stereocenters. The van der Waals surface area contributed by atoms with E-state index in [9.17, 15) is 0 Å². The third kappa shape index (κ3) is 6.95. The van der Waals surface area contributed by atoms with Crippen molar-refractivity contribution >= 4 is 43.4 Å². The van der Waals surface area contributed by atoms with E-state index in [0.29, 0.717) is 11.8 Å². The summed E-state index contributed by atoms with van der Waals surface area (Å²) in [5.74, 6) is 1.00. The van der Waals surface area contributed by atoms with E-state index in [1.165, 1.54) is 76.7 Å². The molecule has 0 saturated carbocycles. The lowest BCUT2D eigenvalue weighted by Crippen LogP contribution is -1.94. The van der Waals surface area contributed by atoms with Crippen molar-refractivity contribution in [3.8, 4) is 84.2 Å². The molecule has 4 nitrogen and oxygen atoms in total. The summed E-state index contributed by atoms with van der Waals surface area (Å²) in [5.41, 5.74) is 17.0. The number of hydrogen-bond acceptors (Lipinski definition) is 3.